The van der Waals surface area contributed by atoms with E-state index in [1.165, 1.54) is 0 Å². The van der Waals surface area contributed by atoms with Crippen molar-refractivity contribution in [2.24, 2.45) is 4.99 Å². The number of isothiocyanates is 1. The molecule has 0 spiro atoms. The van der Waals surface area contributed by atoms with Crippen LogP contribution in [0.2, 0.25) is 5.02 Å². The molecule has 0 aliphatic rings. The Kier molecular flexibility index (Phi) is 2.60. The number of aliphatic imine (C=N–C) groups is 1. The van der Waals surface area contributed by atoms with Crippen molar-refractivity contribution in [3.63, 3.8) is 0 Å². The van der Waals surface area contributed by atoms with Crippen LogP contribution in [0, 0.1) is 0 Å². The van der Waals surface area contributed by atoms with Gasteiger partial charge in [0.05, 0.1) is 21.6 Å². The molecule has 1 aromatic carbocycles. The van der Waals surface area contributed by atoms with Gasteiger partial charge in [0.15, 0.2) is 0 Å². The average Bonchev–Trinajstić information content (AvgIpc) is 1.98. The third kappa shape index (κ3) is 2.02. The van der Waals surface area contributed by atoms with Gasteiger partial charge in [0.2, 0.25) is 0 Å². The van der Waals surface area contributed by atoms with Gasteiger partial charge in [-0.3, -0.25) is 0 Å². The van der Waals surface area contributed by atoms with E-state index in [9.17, 15) is 0 Å². The van der Waals surface area contributed by atoms with Gasteiger partial charge in [-0.05, 0) is 30.4 Å². The lowest BCUT2D eigenvalue weighted by molar-refractivity contribution is 1.55. The number of anilines is 1. The van der Waals surface area contributed by atoms with E-state index < -0.39 is 0 Å². The number of nitrogens with zero attached hydrogens (tertiary/aromatic N) is 1. The summed E-state index contributed by atoms with van der Waals surface area (Å²) in [4.78, 5) is 3.73. The summed E-state index contributed by atoms with van der Waals surface area (Å²) < 4.78 is 0. The van der Waals surface area contributed by atoms with Crippen LogP contribution in [-0.2, 0) is 0 Å². The fraction of sp³-hybridized carbons (Fsp3) is 0. The number of hydrogen-bond acceptors (Lipinski definition) is 3. The highest BCUT2D eigenvalue weighted by Crippen LogP contribution is 2.23. The number of benzene rings is 1. The molecular formula is C7H5ClN2S. The predicted molar refractivity (Wildman–Crippen MR) is 50.6 cm³/mol. The maximum atomic E-state index is 5.70. The van der Waals surface area contributed by atoms with Crippen LogP contribution in [0.3, 0.4) is 0 Å². The van der Waals surface area contributed by atoms with Gasteiger partial charge in [0.1, 0.15) is 0 Å². The molecule has 0 radical (unpaired) electrons. The monoisotopic (exact) mass is 184 g/mol. The molecule has 0 bridgehead atoms. The Labute approximate surface area is 74.7 Å². The maximum absolute atomic E-state index is 5.70. The first kappa shape index (κ1) is 8.21. The standard InChI is InChI=1S/C7H5ClN2S/c8-6-3-5(10-4-11)1-2-7(6)9/h1-3H,9H2. The van der Waals surface area contributed by atoms with E-state index in [1.54, 1.807) is 18.2 Å². The molecule has 11 heavy (non-hydrogen) atoms. The first-order chi connectivity index (χ1) is 5.24. The largest absolute Gasteiger partial charge is 0.398 e. The van der Waals surface area contributed by atoms with Crippen LogP contribution in [0.5, 0.6) is 0 Å². The summed E-state index contributed by atoms with van der Waals surface area (Å²) in [6.45, 7) is 0. The fourth-order valence-corrected chi connectivity index (χ4v) is 0.918. The van der Waals surface area contributed by atoms with Crippen LogP contribution in [0.1, 0.15) is 0 Å². The van der Waals surface area contributed by atoms with Gasteiger partial charge in [-0.1, -0.05) is 11.6 Å². The maximum Gasteiger partial charge on any atom is 0.0755 e. The first-order valence-electron chi connectivity index (χ1n) is 2.87. The summed E-state index contributed by atoms with van der Waals surface area (Å²) in [7, 11) is 0. The summed E-state index contributed by atoms with van der Waals surface area (Å²) in [5.74, 6) is 0. The SMILES string of the molecule is Nc1ccc(N=C=S)cc1Cl. The van der Waals surface area contributed by atoms with E-state index in [1.807, 2.05) is 0 Å². The third-order valence-electron chi connectivity index (χ3n) is 1.16. The second kappa shape index (κ2) is 3.49. The topological polar surface area (TPSA) is 38.4 Å². The number of rotatable bonds is 1. The molecular weight excluding hydrogens is 180 g/mol. The number of nitrogen functional groups attached to an aromatic ring is 1. The van der Waals surface area contributed by atoms with Crippen LogP contribution < -0.4 is 5.73 Å². The molecule has 0 aliphatic carbocycles. The van der Waals surface area contributed by atoms with Crippen molar-refractivity contribution < 1.29 is 0 Å². The van der Waals surface area contributed by atoms with Crippen molar-refractivity contribution in [2.75, 3.05) is 5.73 Å². The van der Waals surface area contributed by atoms with Crippen molar-refractivity contribution in [3.05, 3.63) is 23.2 Å². The van der Waals surface area contributed by atoms with Crippen LogP contribution in [-0.4, -0.2) is 5.16 Å². The second-order valence-corrected chi connectivity index (χ2v) is 2.50. The first-order valence-corrected chi connectivity index (χ1v) is 3.65. The van der Waals surface area contributed by atoms with E-state index in [0.29, 0.717) is 16.4 Å². The van der Waals surface area contributed by atoms with E-state index in [-0.39, 0.29) is 0 Å². The summed E-state index contributed by atoms with van der Waals surface area (Å²) in [6, 6.07) is 5.03. The lowest BCUT2D eigenvalue weighted by Gasteiger charge is -1.96. The molecule has 0 unspecified atom stereocenters. The van der Waals surface area contributed by atoms with Gasteiger partial charge in [0, 0.05) is 0 Å². The van der Waals surface area contributed by atoms with Crippen molar-refractivity contribution in [1.29, 1.82) is 0 Å². The van der Waals surface area contributed by atoms with Gasteiger partial charge in [-0.15, -0.1) is 0 Å². The number of halogens is 1. The minimum absolute atomic E-state index is 0.483. The lowest BCUT2D eigenvalue weighted by atomic mass is 10.3. The Morgan fingerprint density at radius 3 is 2.82 bits per heavy atom. The highest BCUT2D eigenvalue weighted by molar-refractivity contribution is 7.78. The Balaban J connectivity index is 3.14. The van der Waals surface area contributed by atoms with E-state index in [4.69, 9.17) is 17.3 Å². The molecule has 4 heteroatoms. The summed E-state index contributed by atoms with van der Waals surface area (Å²) in [6.07, 6.45) is 0. The van der Waals surface area contributed by atoms with Gasteiger partial charge in [-0.25, -0.2) is 0 Å². The van der Waals surface area contributed by atoms with E-state index in [0.717, 1.165) is 0 Å². The molecule has 0 aliphatic heterocycles. The molecule has 2 N–H and O–H groups in total. The Hall–Kier alpha value is -0.890. The molecule has 0 fully saturated rings. The lowest BCUT2D eigenvalue weighted by Crippen LogP contribution is -1.83. The highest BCUT2D eigenvalue weighted by atomic mass is 35.5. The number of hydrogen-bond donors (Lipinski definition) is 1. The molecule has 1 aromatic rings. The normalized spacial score (nSPS) is 8.82. The zero-order valence-corrected chi connectivity index (χ0v) is 7.12. The van der Waals surface area contributed by atoms with Gasteiger partial charge in [0.25, 0.3) is 0 Å². The van der Waals surface area contributed by atoms with Crippen molar-refractivity contribution >= 4 is 40.4 Å². The van der Waals surface area contributed by atoms with Crippen molar-refractivity contribution in [2.45, 2.75) is 0 Å². The molecule has 0 amide bonds. The molecule has 0 saturated heterocycles. The summed E-state index contributed by atoms with van der Waals surface area (Å²) >= 11 is 10.1. The minimum atomic E-state index is 0.483. The highest BCUT2D eigenvalue weighted by Gasteiger charge is 1.95. The van der Waals surface area contributed by atoms with Gasteiger partial charge in [-0.2, -0.15) is 4.99 Å². The Bertz CT molecular complexity index is 318. The summed E-state index contributed by atoms with van der Waals surface area (Å²) in [5.41, 5.74) is 6.67. The molecule has 1 rings (SSSR count). The zero-order chi connectivity index (χ0) is 8.27. The van der Waals surface area contributed by atoms with Crippen molar-refractivity contribution in [3.8, 4) is 0 Å². The van der Waals surface area contributed by atoms with Gasteiger partial charge >= 0.3 is 0 Å². The second-order valence-electron chi connectivity index (χ2n) is 1.91. The van der Waals surface area contributed by atoms with Crippen LogP contribution in [0.15, 0.2) is 23.2 Å². The molecule has 56 valence electrons. The Morgan fingerprint density at radius 1 is 1.55 bits per heavy atom. The minimum Gasteiger partial charge on any atom is -0.398 e. The number of thiocarbonyl (C=S) groups is 1. The summed E-state index contributed by atoms with van der Waals surface area (Å²) in [5, 5.41) is 2.72. The van der Waals surface area contributed by atoms with Crippen LogP contribution in [0.25, 0.3) is 0 Å². The molecule has 0 aromatic heterocycles. The van der Waals surface area contributed by atoms with E-state index >= 15 is 0 Å². The molecule has 0 saturated carbocycles. The third-order valence-corrected chi connectivity index (χ3v) is 1.58. The quantitative estimate of drug-likeness (QED) is 0.414. The van der Waals surface area contributed by atoms with Crippen LogP contribution in [0.4, 0.5) is 11.4 Å². The van der Waals surface area contributed by atoms with Gasteiger partial charge < -0.3 is 5.73 Å². The smallest absolute Gasteiger partial charge is 0.0755 e. The van der Waals surface area contributed by atoms with Crippen LogP contribution >= 0.6 is 23.8 Å². The molecule has 0 heterocycles. The average molecular weight is 185 g/mol. The predicted octanol–water partition coefficient (Wildman–Crippen LogP) is 2.66. The Morgan fingerprint density at radius 2 is 2.27 bits per heavy atom. The molecule has 2 nitrogen and oxygen atoms in total. The molecule has 0 atom stereocenters. The van der Waals surface area contributed by atoms with Crippen molar-refractivity contribution in [1.82, 2.24) is 0 Å². The number of nitrogens with two attached hydrogens (primary N) is 1. The zero-order valence-electron chi connectivity index (χ0n) is 5.54. The fourth-order valence-electron chi connectivity index (χ4n) is 0.638. The van der Waals surface area contributed by atoms with E-state index in [2.05, 4.69) is 22.4 Å².